The number of hydrogen-bond acceptors (Lipinski definition) is 4. The molecule has 2 aliphatic rings. The lowest BCUT2D eigenvalue weighted by molar-refractivity contribution is -0.126. The molecule has 3 N–H and O–H groups in total. The maximum Gasteiger partial charge on any atom is 0.319 e. The van der Waals surface area contributed by atoms with Crippen molar-refractivity contribution < 1.29 is 14.4 Å². The van der Waals surface area contributed by atoms with E-state index < -0.39 is 6.04 Å². The van der Waals surface area contributed by atoms with Crippen LogP contribution in [0.15, 0.2) is 36.5 Å². The number of amides is 4. The van der Waals surface area contributed by atoms with E-state index in [1.807, 2.05) is 38.1 Å². The predicted molar refractivity (Wildman–Crippen MR) is 116 cm³/mol. The summed E-state index contributed by atoms with van der Waals surface area (Å²) in [5.74, 6) is -0.292. The number of fused-ring (bicyclic) bond motifs is 1. The van der Waals surface area contributed by atoms with Gasteiger partial charge in [-0.15, -0.1) is 11.3 Å². The quantitative estimate of drug-likeness (QED) is 0.702. The number of aryl methyl sites for hydroxylation is 2. The third-order valence-electron chi connectivity index (χ3n) is 5.55. The molecule has 0 spiro atoms. The first-order valence-corrected chi connectivity index (χ1v) is 10.7. The number of allylic oxidation sites excluding steroid dienone is 1. The van der Waals surface area contributed by atoms with Crippen molar-refractivity contribution in [1.82, 2.24) is 15.5 Å². The van der Waals surface area contributed by atoms with Crippen molar-refractivity contribution in [2.24, 2.45) is 0 Å². The number of anilines is 1. The summed E-state index contributed by atoms with van der Waals surface area (Å²) in [6, 6.07) is 6.84. The third kappa shape index (κ3) is 3.95. The van der Waals surface area contributed by atoms with Crippen LogP contribution in [0.5, 0.6) is 0 Å². The highest BCUT2D eigenvalue weighted by Crippen LogP contribution is 2.34. The minimum absolute atomic E-state index is 0.125. The fourth-order valence-corrected chi connectivity index (χ4v) is 4.82. The van der Waals surface area contributed by atoms with Crippen molar-refractivity contribution in [2.75, 3.05) is 5.32 Å². The lowest BCUT2D eigenvalue weighted by Gasteiger charge is -2.31. The lowest BCUT2D eigenvalue weighted by Crippen LogP contribution is -2.49. The van der Waals surface area contributed by atoms with E-state index in [9.17, 15) is 14.4 Å². The monoisotopic (exact) mass is 424 g/mol. The summed E-state index contributed by atoms with van der Waals surface area (Å²) < 4.78 is 0. The molecule has 0 radical (unpaired) electrons. The number of benzene rings is 1. The van der Waals surface area contributed by atoms with Gasteiger partial charge in [-0.05, 0) is 56.0 Å². The van der Waals surface area contributed by atoms with E-state index in [1.54, 1.807) is 4.90 Å². The number of nitrogens with one attached hydrogen (secondary N) is 3. The van der Waals surface area contributed by atoms with Crippen molar-refractivity contribution in [3.8, 4) is 0 Å². The molecule has 1 aromatic heterocycles. The van der Waals surface area contributed by atoms with E-state index in [0.29, 0.717) is 37.2 Å². The molecule has 2 aliphatic heterocycles. The van der Waals surface area contributed by atoms with Crippen molar-refractivity contribution in [2.45, 2.75) is 45.8 Å². The van der Waals surface area contributed by atoms with Gasteiger partial charge in [-0.1, -0.05) is 12.6 Å². The van der Waals surface area contributed by atoms with E-state index in [-0.39, 0.29) is 17.8 Å². The highest BCUT2D eigenvalue weighted by atomic mass is 32.1. The molecule has 0 bridgehead atoms. The van der Waals surface area contributed by atoms with Gasteiger partial charge in [-0.25, -0.2) is 4.79 Å². The molecule has 2 aromatic rings. The van der Waals surface area contributed by atoms with E-state index in [2.05, 4.69) is 22.5 Å². The maximum atomic E-state index is 12.8. The Kier molecular flexibility index (Phi) is 5.34. The maximum absolute atomic E-state index is 12.8. The van der Waals surface area contributed by atoms with Crippen LogP contribution >= 0.6 is 11.3 Å². The fourth-order valence-electron chi connectivity index (χ4n) is 3.72. The predicted octanol–water partition coefficient (Wildman–Crippen LogP) is 3.43. The number of carbonyl (C=O) groups is 3. The largest absolute Gasteiger partial charge is 0.333 e. The standard InChI is InChI=1S/C22H24N4O3S/c1-12-4-6-15(8-13(12)2)25-22(29)23-10-16-9-17-19(30-16)11-26(21(17)28)18-7-5-14(3)24-20(18)27/h4,6,8-9,18H,3,5,7,10-11H2,1-2H3,(H,24,27)(H2,23,25,29). The molecule has 1 aromatic carbocycles. The van der Waals surface area contributed by atoms with E-state index >= 15 is 0 Å². The zero-order valence-electron chi connectivity index (χ0n) is 17.0. The minimum Gasteiger partial charge on any atom is -0.333 e. The van der Waals surface area contributed by atoms with Gasteiger partial charge in [-0.2, -0.15) is 0 Å². The van der Waals surface area contributed by atoms with Crippen LogP contribution in [-0.4, -0.2) is 28.8 Å². The Labute approximate surface area is 179 Å². The Morgan fingerprint density at radius 3 is 2.77 bits per heavy atom. The van der Waals surface area contributed by atoms with Gasteiger partial charge in [0.25, 0.3) is 5.91 Å². The van der Waals surface area contributed by atoms with Gasteiger partial charge in [0.2, 0.25) is 5.91 Å². The molecule has 3 heterocycles. The number of thiophene rings is 1. The number of piperidine rings is 1. The summed E-state index contributed by atoms with van der Waals surface area (Å²) >= 11 is 1.49. The van der Waals surface area contributed by atoms with Gasteiger partial charge in [-0.3, -0.25) is 9.59 Å². The van der Waals surface area contributed by atoms with Gasteiger partial charge in [0.05, 0.1) is 18.7 Å². The molecule has 4 amide bonds. The molecule has 1 atom stereocenters. The second kappa shape index (κ2) is 7.95. The Morgan fingerprint density at radius 1 is 1.27 bits per heavy atom. The zero-order valence-corrected chi connectivity index (χ0v) is 17.8. The third-order valence-corrected chi connectivity index (χ3v) is 6.67. The van der Waals surface area contributed by atoms with Crippen molar-refractivity contribution in [3.05, 3.63) is 63.0 Å². The van der Waals surface area contributed by atoms with E-state index in [1.165, 1.54) is 16.9 Å². The first-order chi connectivity index (χ1) is 14.3. The normalized spacial score (nSPS) is 18.3. The first-order valence-electron chi connectivity index (χ1n) is 9.85. The summed E-state index contributed by atoms with van der Waals surface area (Å²) in [5, 5.41) is 8.40. The van der Waals surface area contributed by atoms with Gasteiger partial charge in [0, 0.05) is 21.1 Å². The van der Waals surface area contributed by atoms with Gasteiger partial charge in [0.15, 0.2) is 0 Å². The Bertz CT molecular complexity index is 1060. The van der Waals surface area contributed by atoms with Crippen molar-refractivity contribution >= 4 is 34.9 Å². The summed E-state index contributed by atoms with van der Waals surface area (Å²) in [4.78, 5) is 40.7. The van der Waals surface area contributed by atoms with Crippen LogP contribution in [0.1, 0.15) is 44.1 Å². The Hall–Kier alpha value is -3.13. The number of rotatable bonds is 4. The molecule has 4 rings (SSSR count). The minimum atomic E-state index is -0.451. The van der Waals surface area contributed by atoms with Crippen LogP contribution in [0.3, 0.4) is 0 Å². The molecular formula is C22H24N4O3S. The number of hydrogen-bond donors (Lipinski definition) is 3. The number of carbonyl (C=O) groups excluding carboxylic acids is 3. The summed E-state index contributed by atoms with van der Waals surface area (Å²) in [5.41, 5.74) is 4.35. The van der Waals surface area contributed by atoms with Crippen LogP contribution < -0.4 is 16.0 Å². The van der Waals surface area contributed by atoms with Crippen LogP contribution in [0.25, 0.3) is 0 Å². The van der Waals surface area contributed by atoms with Crippen LogP contribution in [0.2, 0.25) is 0 Å². The number of nitrogens with zero attached hydrogens (tertiary/aromatic N) is 1. The van der Waals surface area contributed by atoms with Crippen LogP contribution in [0.4, 0.5) is 10.5 Å². The summed E-state index contributed by atoms with van der Waals surface area (Å²) in [7, 11) is 0. The smallest absolute Gasteiger partial charge is 0.319 e. The van der Waals surface area contributed by atoms with Crippen LogP contribution in [0, 0.1) is 13.8 Å². The SMILES string of the molecule is C=C1CCC(N2Cc3sc(CNC(=O)Nc4ccc(C)c(C)c4)cc3C2=O)C(=O)N1. The Balaban J connectivity index is 1.34. The topological polar surface area (TPSA) is 90.5 Å². The molecule has 1 saturated heterocycles. The molecule has 156 valence electrons. The molecule has 7 nitrogen and oxygen atoms in total. The first kappa shape index (κ1) is 20.2. The molecule has 0 saturated carbocycles. The fraction of sp³-hybridized carbons (Fsp3) is 0.318. The molecule has 1 unspecified atom stereocenters. The van der Waals surface area contributed by atoms with Gasteiger partial charge in [0.1, 0.15) is 6.04 Å². The summed E-state index contributed by atoms with van der Waals surface area (Å²) in [6.45, 7) is 8.57. The molecule has 1 fully saturated rings. The second-order valence-electron chi connectivity index (χ2n) is 7.74. The highest BCUT2D eigenvalue weighted by molar-refractivity contribution is 7.12. The second-order valence-corrected chi connectivity index (χ2v) is 8.96. The van der Waals surface area contributed by atoms with Gasteiger partial charge >= 0.3 is 6.03 Å². The van der Waals surface area contributed by atoms with Gasteiger partial charge < -0.3 is 20.9 Å². The molecule has 0 aliphatic carbocycles. The lowest BCUT2D eigenvalue weighted by atomic mass is 10.0. The van der Waals surface area contributed by atoms with E-state index in [0.717, 1.165) is 21.0 Å². The summed E-state index contributed by atoms with van der Waals surface area (Å²) in [6.07, 6.45) is 1.27. The molecule has 30 heavy (non-hydrogen) atoms. The average molecular weight is 425 g/mol. The number of urea groups is 1. The molecule has 8 heteroatoms. The zero-order chi connectivity index (χ0) is 21.4. The van der Waals surface area contributed by atoms with E-state index in [4.69, 9.17) is 0 Å². The van der Waals surface area contributed by atoms with Crippen molar-refractivity contribution in [1.29, 1.82) is 0 Å². The average Bonchev–Trinajstić information content (AvgIpc) is 3.22. The van der Waals surface area contributed by atoms with Crippen LogP contribution in [-0.2, 0) is 17.9 Å². The molecular weight excluding hydrogens is 400 g/mol. The van der Waals surface area contributed by atoms with Crippen molar-refractivity contribution in [3.63, 3.8) is 0 Å². The Morgan fingerprint density at radius 2 is 2.07 bits per heavy atom. The highest BCUT2D eigenvalue weighted by Gasteiger charge is 2.39.